The highest BCUT2D eigenvalue weighted by molar-refractivity contribution is 7.22. The number of rotatable bonds is 11. The van der Waals surface area contributed by atoms with Crippen molar-refractivity contribution < 1.29 is 23.4 Å². The summed E-state index contributed by atoms with van der Waals surface area (Å²) in [6, 6.07) is 7.77. The molecular formula is C24H30FN3O4S. The zero-order chi connectivity index (χ0) is 24.0. The molecule has 1 heterocycles. The SMILES string of the molecule is CCOc1cc(C(=O)N(CCN(C)C)c2nc3ccc(F)cc3s2)cc(OCC)c1OCC. The molecule has 0 aliphatic rings. The first-order valence-electron chi connectivity index (χ1n) is 11.0. The summed E-state index contributed by atoms with van der Waals surface area (Å²) in [7, 11) is 3.88. The summed E-state index contributed by atoms with van der Waals surface area (Å²) in [5, 5.41) is 0.507. The molecule has 7 nitrogen and oxygen atoms in total. The minimum absolute atomic E-state index is 0.249. The Kier molecular flexibility index (Phi) is 8.46. The highest BCUT2D eigenvalue weighted by Gasteiger charge is 2.25. The quantitative estimate of drug-likeness (QED) is 0.395. The fourth-order valence-electron chi connectivity index (χ4n) is 3.25. The van der Waals surface area contributed by atoms with Crippen LogP contribution in [0.25, 0.3) is 10.2 Å². The molecule has 3 rings (SSSR count). The van der Waals surface area contributed by atoms with E-state index in [1.54, 1.807) is 23.1 Å². The molecule has 178 valence electrons. The van der Waals surface area contributed by atoms with Crippen LogP contribution >= 0.6 is 11.3 Å². The average Bonchev–Trinajstić information content (AvgIpc) is 3.18. The van der Waals surface area contributed by atoms with Gasteiger partial charge in [0, 0.05) is 18.7 Å². The van der Waals surface area contributed by atoms with Gasteiger partial charge in [-0.2, -0.15) is 0 Å². The number of hydrogen-bond donors (Lipinski definition) is 0. The first-order valence-corrected chi connectivity index (χ1v) is 11.8. The lowest BCUT2D eigenvalue weighted by Crippen LogP contribution is -2.36. The Balaban J connectivity index is 2.07. The smallest absolute Gasteiger partial charge is 0.260 e. The number of benzene rings is 2. The summed E-state index contributed by atoms with van der Waals surface area (Å²) in [4.78, 5) is 21.9. The van der Waals surface area contributed by atoms with Crippen molar-refractivity contribution >= 4 is 32.6 Å². The number of carbonyl (C=O) groups excluding carboxylic acids is 1. The van der Waals surface area contributed by atoms with Crippen LogP contribution in [0.4, 0.5) is 9.52 Å². The van der Waals surface area contributed by atoms with E-state index < -0.39 is 0 Å². The van der Waals surface area contributed by atoms with Crippen LogP contribution < -0.4 is 19.1 Å². The summed E-state index contributed by atoms with van der Waals surface area (Å²) in [6.45, 7) is 7.92. The molecule has 3 aromatic rings. The Morgan fingerprint density at radius 3 is 2.18 bits per heavy atom. The normalized spacial score (nSPS) is 11.1. The average molecular weight is 476 g/mol. The first kappa shape index (κ1) is 24.7. The van der Waals surface area contributed by atoms with Crippen molar-refractivity contribution in [1.29, 1.82) is 0 Å². The molecule has 0 radical (unpaired) electrons. The molecule has 0 saturated heterocycles. The van der Waals surface area contributed by atoms with Crippen molar-refractivity contribution in [2.45, 2.75) is 20.8 Å². The van der Waals surface area contributed by atoms with Crippen molar-refractivity contribution in [2.75, 3.05) is 51.9 Å². The van der Waals surface area contributed by atoms with Gasteiger partial charge < -0.3 is 19.1 Å². The number of aromatic nitrogens is 1. The van der Waals surface area contributed by atoms with Gasteiger partial charge in [0.05, 0.1) is 30.0 Å². The van der Waals surface area contributed by atoms with Gasteiger partial charge in [0.1, 0.15) is 5.82 Å². The molecule has 0 N–H and O–H groups in total. The number of halogens is 1. The van der Waals surface area contributed by atoms with Gasteiger partial charge in [0.15, 0.2) is 16.6 Å². The van der Waals surface area contributed by atoms with E-state index in [4.69, 9.17) is 14.2 Å². The fourth-order valence-corrected chi connectivity index (χ4v) is 4.27. The van der Waals surface area contributed by atoms with Crippen molar-refractivity contribution in [3.05, 3.63) is 41.7 Å². The largest absolute Gasteiger partial charge is 0.490 e. The van der Waals surface area contributed by atoms with E-state index in [2.05, 4.69) is 4.98 Å². The summed E-state index contributed by atoms with van der Waals surface area (Å²) >= 11 is 1.28. The molecule has 1 aromatic heterocycles. The fraction of sp³-hybridized carbons (Fsp3) is 0.417. The van der Waals surface area contributed by atoms with Crippen molar-refractivity contribution in [1.82, 2.24) is 9.88 Å². The van der Waals surface area contributed by atoms with Crippen LogP contribution in [-0.2, 0) is 0 Å². The molecule has 0 atom stereocenters. The molecule has 0 aliphatic carbocycles. The Hall–Kier alpha value is -2.91. The Bertz CT molecular complexity index is 1080. The second kappa shape index (κ2) is 11.3. The van der Waals surface area contributed by atoms with Crippen LogP contribution in [-0.4, -0.2) is 62.8 Å². The first-order chi connectivity index (χ1) is 15.9. The number of thiazole rings is 1. The maximum absolute atomic E-state index is 13.7. The number of amides is 1. The highest BCUT2D eigenvalue weighted by atomic mass is 32.1. The lowest BCUT2D eigenvalue weighted by Gasteiger charge is -2.23. The lowest BCUT2D eigenvalue weighted by atomic mass is 10.1. The summed E-state index contributed by atoms with van der Waals surface area (Å²) in [6.07, 6.45) is 0. The molecular weight excluding hydrogens is 445 g/mol. The summed E-state index contributed by atoms with van der Waals surface area (Å²) < 4.78 is 31.7. The van der Waals surface area contributed by atoms with E-state index in [1.165, 1.54) is 23.5 Å². The Labute approximate surface area is 197 Å². The Morgan fingerprint density at radius 2 is 1.61 bits per heavy atom. The van der Waals surface area contributed by atoms with Crippen LogP contribution in [0, 0.1) is 5.82 Å². The third-order valence-electron chi connectivity index (χ3n) is 4.74. The summed E-state index contributed by atoms with van der Waals surface area (Å²) in [5.41, 5.74) is 1.05. The number of nitrogens with zero attached hydrogens (tertiary/aromatic N) is 3. The third kappa shape index (κ3) is 5.91. The molecule has 0 unspecified atom stereocenters. The van der Waals surface area contributed by atoms with Gasteiger partial charge in [-0.3, -0.25) is 9.69 Å². The molecule has 0 fully saturated rings. The van der Waals surface area contributed by atoms with Gasteiger partial charge in [-0.15, -0.1) is 0 Å². The van der Waals surface area contributed by atoms with Crippen LogP contribution in [0.5, 0.6) is 17.2 Å². The number of carbonyl (C=O) groups is 1. The minimum Gasteiger partial charge on any atom is -0.490 e. The van der Waals surface area contributed by atoms with E-state index in [-0.39, 0.29) is 11.7 Å². The number of ether oxygens (including phenoxy) is 3. The van der Waals surface area contributed by atoms with Crippen LogP contribution in [0.3, 0.4) is 0 Å². The minimum atomic E-state index is -0.335. The predicted octanol–water partition coefficient (Wildman–Crippen LogP) is 4.84. The molecule has 2 aromatic carbocycles. The van der Waals surface area contributed by atoms with Crippen LogP contribution in [0.15, 0.2) is 30.3 Å². The standard InChI is InChI=1S/C24H30FN3O4S/c1-6-30-19-13-16(14-20(31-7-2)22(19)32-8-3)23(29)28(12-11-27(4)5)24-26-18-10-9-17(25)15-21(18)33-24/h9-10,13-15H,6-8,11-12H2,1-5H3. The lowest BCUT2D eigenvalue weighted by molar-refractivity contribution is 0.0984. The van der Waals surface area contributed by atoms with Gasteiger partial charge in [-0.05, 0) is 65.2 Å². The zero-order valence-corrected chi connectivity index (χ0v) is 20.5. The number of likely N-dealkylation sites (N-methyl/N-ethyl adjacent to an activating group) is 1. The molecule has 1 amide bonds. The van der Waals surface area contributed by atoms with Gasteiger partial charge in [-0.25, -0.2) is 9.37 Å². The number of hydrogen-bond acceptors (Lipinski definition) is 7. The monoisotopic (exact) mass is 475 g/mol. The topological polar surface area (TPSA) is 64.1 Å². The molecule has 33 heavy (non-hydrogen) atoms. The van der Waals surface area contributed by atoms with E-state index in [0.717, 1.165) is 0 Å². The highest BCUT2D eigenvalue weighted by Crippen LogP contribution is 2.40. The number of anilines is 1. The maximum Gasteiger partial charge on any atom is 0.260 e. The molecule has 9 heteroatoms. The van der Waals surface area contributed by atoms with Gasteiger partial charge in [0.2, 0.25) is 5.75 Å². The van der Waals surface area contributed by atoms with E-state index in [1.807, 2.05) is 39.8 Å². The van der Waals surface area contributed by atoms with E-state index in [9.17, 15) is 9.18 Å². The van der Waals surface area contributed by atoms with Gasteiger partial charge in [-0.1, -0.05) is 11.3 Å². The molecule has 0 saturated carbocycles. The second-order valence-corrected chi connectivity index (χ2v) is 8.48. The van der Waals surface area contributed by atoms with Crippen molar-refractivity contribution in [3.63, 3.8) is 0 Å². The molecule has 0 bridgehead atoms. The zero-order valence-electron chi connectivity index (χ0n) is 19.7. The maximum atomic E-state index is 13.7. The van der Waals surface area contributed by atoms with Gasteiger partial charge in [0.25, 0.3) is 5.91 Å². The third-order valence-corrected chi connectivity index (χ3v) is 5.78. The van der Waals surface area contributed by atoms with Crippen molar-refractivity contribution in [3.8, 4) is 17.2 Å². The number of fused-ring (bicyclic) bond motifs is 1. The van der Waals surface area contributed by atoms with Crippen LogP contribution in [0.2, 0.25) is 0 Å². The summed E-state index contributed by atoms with van der Waals surface area (Å²) in [5.74, 6) is 0.799. The van der Waals surface area contributed by atoms with Crippen LogP contribution in [0.1, 0.15) is 31.1 Å². The Morgan fingerprint density at radius 1 is 0.970 bits per heavy atom. The van der Waals surface area contributed by atoms with E-state index >= 15 is 0 Å². The van der Waals surface area contributed by atoms with Gasteiger partial charge >= 0.3 is 0 Å². The van der Waals surface area contributed by atoms with E-state index in [0.29, 0.717) is 71.1 Å². The second-order valence-electron chi connectivity index (χ2n) is 7.47. The van der Waals surface area contributed by atoms with Crippen molar-refractivity contribution in [2.24, 2.45) is 0 Å². The molecule has 0 spiro atoms. The predicted molar refractivity (Wildman–Crippen MR) is 130 cm³/mol. The molecule has 0 aliphatic heterocycles.